The normalized spacial score (nSPS) is 31.7. The number of rotatable bonds is 10. The van der Waals surface area contributed by atoms with Crippen LogP contribution in [0.5, 0.6) is 0 Å². The summed E-state index contributed by atoms with van der Waals surface area (Å²) in [5, 5.41) is 10.5. The molecule has 6 fully saturated rings. The highest BCUT2D eigenvalue weighted by atomic mass is 35.5. The molecule has 3 unspecified atom stereocenters. The molecule has 6 rings (SSSR count). The molecule has 3 aliphatic heterocycles. The van der Waals surface area contributed by atoms with Gasteiger partial charge in [0.1, 0.15) is 53.9 Å². The molecule has 0 aromatic rings. The predicted octanol–water partition coefficient (Wildman–Crippen LogP) is 5.51. The minimum absolute atomic E-state index is 0.0170. The predicted molar refractivity (Wildman–Crippen MR) is 336 cm³/mol. The lowest BCUT2D eigenvalue weighted by atomic mass is 9.78. The SMILES string of the molecule is CCC[C@H]1C(=O)N[C@@H]([C@@H](C)CC)C(=O)N(C)[C@@H](C)C(=O)N2CC[C@H]2C(=O)N(C)[C@@H](CC2CCCCC2)C(=O)N(C)CC(=O)N[C@@H](CCC2CCC(C(F)(F)F)C(Cl)C2)C(=O)N2CCC[C@H]2C(=O)NC2(CCCC2)C(=O)N(C)[C@@H](C(C)C)C(=O)N[C@H](C)CC(=O)N1C. The molecule has 4 N–H and O–H groups in total. The van der Waals surface area contributed by atoms with Crippen LogP contribution >= 0.6 is 11.6 Å². The van der Waals surface area contributed by atoms with Crippen molar-refractivity contribution in [3.05, 3.63) is 0 Å². The van der Waals surface area contributed by atoms with Crippen molar-refractivity contribution in [1.29, 1.82) is 0 Å². The fourth-order valence-corrected chi connectivity index (χ4v) is 15.3. The van der Waals surface area contributed by atoms with E-state index in [9.17, 15) is 56.3 Å². The summed E-state index contributed by atoms with van der Waals surface area (Å²) in [5.41, 5.74) is -1.47. The van der Waals surface area contributed by atoms with Crippen molar-refractivity contribution in [2.45, 2.75) is 261 Å². The number of nitrogens with zero attached hydrogens (tertiary/aromatic N) is 7. The molecule has 3 saturated heterocycles. The van der Waals surface area contributed by atoms with E-state index in [1.807, 2.05) is 13.8 Å². The van der Waals surface area contributed by atoms with Gasteiger partial charge in [-0.2, -0.15) is 13.2 Å². The van der Waals surface area contributed by atoms with Gasteiger partial charge in [0.05, 0.1) is 12.5 Å². The Labute approximate surface area is 541 Å². The van der Waals surface area contributed by atoms with Crippen molar-refractivity contribution in [1.82, 2.24) is 55.6 Å². The molecular weight excluding hydrogens is 1200 g/mol. The van der Waals surface area contributed by atoms with E-state index in [4.69, 9.17) is 11.6 Å². The molecule has 1 spiro atoms. The second-order valence-corrected chi connectivity index (χ2v) is 28.3. The van der Waals surface area contributed by atoms with Gasteiger partial charge >= 0.3 is 6.18 Å². The first-order valence-electron chi connectivity index (χ1n) is 33.6. The molecule has 13 atom stereocenters. The van der Waals surface area contributed by atoms with Gasteiger partial charge in [-0.15, -0.1) is 11.6 Å². The molecule has 11 amide bonds. The van der Waals surface area contributed by atoms with E-state index in [1.165, 1.54) is 76.5 Å². The van der Waals surface area contributed by atoms with Crippen LogP contribution in [0, 0.1) is 29.6 Å². The molecule has 6 aliphatic rings. The average Bonchev–Trinajstić information content (AvgIpc) is 1.79. The third kappa shape index (κ3) is 17.9. The molecule has 0 radical (unpaired) electrons. The van der Waals surface area contributed by atoms with Gasteiger partial charge in [0.25, 0.3) is 0 Å². The lowest BCUT2D eigenvalue weighted by Crippen LogP contribution is -2.65. The number of hydrogen-bond acceptors (Lipinski definition) is 11. The number of halogens is 4. The molecule has 0 aromatic carbocycles. The van der Waals surface area contributed by atoms with E-state index in [1.54, 1.807) is 27.7 Å². The lowest BCUT2D eigenvalue weighted by Gasteiger charge is -2.45. The van der Waals surface area contributed by atoms with E-state index >= 15 is 9.59 Å². The monoisotopic (exact) mass is 1310 g/mol. The number of amides is 11. The molecule has 3 saturated carbocycles. The van der Waals surface area contributed by atoms with Crippen molar-refractivity contribution in [2.75, 3.05) is 54.9 Å². The summed E-state index contributed by atoms with van der Waals surface area (Å²) < 4.78 is 41.8. The zero-order chi connectivity index (χ0) is 67.6. The summed E-state index contributed by atoms with van der Waals surface area (Å²) in [5.74, 6) is -9.21. The van der Waals surface area contributed by atoms with Crippen molar-refractivity contribution in [3.8, 4) is 0 Å². The molecule has 0 bridgehead atoms. The van der Waals surface area contributed by atoms with Gasteiger partial charge in [-0.25, -0.2) is 0 Å². The van der Waals surface area contributed by atoms with Gasteiger partial charge in [0.15, 0.2) is 0 Å². The van der Waals surface area contributed by atoms with E-state index in [-0.39, 0.29) is 102 Å². The first-order valence-corrected chi connectivity index (χ1v) is 34.1. The minimum atomic E-state index is -4.49. The number of carbonyl (C=O) groups is 11. The molecular formula is C65H105ClF3N11O11. The number of fused-ring (bicyclic) bond motifs is 2. The van der Waals surface area contributed by atoms with Crippen molar-refractivity contribution >= 4 is 76.6 Å². The molecule has 3 heterocycles. The molecule has 0 aromatic heterocycles. The van der Waals surface area contributed by atoms with Crippen LogP contribution in [0.15, 0.2) is 0 Å². The number of hydrogen-bond donors (Lipinski definition) is 4. The largest absolute Gasteiger partial charge is 0.393 e. The van der Waals surface area contributed by atoms with Crippen LogP contribution < -0.4 is 21.3 Å². The third-order valence-electron chi connectivity index (χ3n) is 20.9. The van der Waals surface area contributed by atoms with Crippen LogP contribution in [-0.4, -0.2) is 226 Å². The standard InChI is InChI=1S/C65H105ClF3N11O11/c1-13-21-47-55(83)72-53(39(5)14-2)62(90)75(9)41(7)58(86)80-33-29-49(80)61(89)77(11)50(36-42-22-16-15-17-23-42)60(88)74(8)37-51(81)71-46(28-26-43-25-27-44(45(66)35-43)65(67,68)69)59(87)79-32-20-24-48(79)56(84)73-64(30-18-19-31-64)63(91)78(12)54(38(3)4)57(85)70-40(6)34-52(82)76(47)10/h38-50,53-54H,13-37H2,1-12H3,(H,70,85)(H,71,81)(H,72,83)(H,73,84)/t39-,40+,41-,43?,44?,45?,46-,47-,48-,49-,50-,53-,54-/m0/s1. The topological polar surface area (TPSA) is 259 Å². The first kappa shape index (κ1) is 74.3. The minimum Gasteiger partial charge on any atom is -0.351 e. The Balaban J connectivity index is 1.35. The Morgan fingerprint density at radius 1 is 0.604 bits per heavy atom. The van der Waals surface area contributed by atoms with Gasteiger partial charge < -0.3 is 55.6 Å². The van der Waals surface area contributed by atoms with E-state index in [2.05, 4.69) is 21.3 Å². The fraction of sp³-hybridized carbons (Fsp3) is 0.831. The summed E-state index contributed by atoms with van der Waals surface area (Å²) in [7, 11) is 7.34. The van der Waals surface area contributed by atoms with Gasteiger partial charge in [-0.1, -0.05) is 92.4 Å². The Hall–Kier alpha value is -5.75. The molecule has 514 valence electrons. The summed E-state index contributed by atoms with van der Waals surface area (Å²) in [4.78, 5) is 170. The molecule has 22 nitrogen and oxygen atoms in total. The highest BCUT2D eigenvalue weighted by molar-refractivity contribution is 6.20. The fourth-order valence-electron chi connectivity index (χ4n) is 14.8. The Morgan fingerprint density at radius 2 is 1.25 bits per heavy atom. The Morgan fingerprint density at radius 3 is 1.84 bits per heavy atom. The van der Waals surface area contributed by atoms with Crippen molar-refractivity contribution in [3.63, 3.8) is 0 Å². The number of likely N-dealkylation sites (N-methyl/N-ethyl adjacent to an activating group) is 5. The maximum absolute atomic E-state index is 15.1. The summed E-state index contributed by atoms with van der Waals surface area (Å²) in [6.45, 7) is 11.9. The highest BCUT2D eigenvalue weighted by Gasteiger charge is 2.51. The second-order valence-electron chi connectivity index (χ2n) is 27.8. The molecule has 3 aliphatic carbocycles. The van der Waals surface area contributed by atoms with Crippen molar-refractivity contribution in [2.24, 2.45) is 29.6 Å². The second kappa shape index (κ2) is 32.4. The van der Waals surface area contributed by atoms with Crippen LogP contribution in [0.2, 0.25) is 0 Å². The zero-order valence-electron chi connectivity index (χ0n) is 56.0. The van der Waals surface area contributed by atoms with Crippen LogP contribution in [0.25, 0.3) is 0 Å². The van der Waals surface area contributed by atoms with Crippen LogP contribution in [-0.2, 0) is 52.7 Å². The maximum Gasteiger partial charge on any atom is 0.393 e. The molecule has 91 heavy (non-hydrogen) atoms. The van der Waals surface area contributed by atoms with Crippen molar-refractivity contribution < 1.29 is 65.9 Å². The zero-order valence-corrected chi connectivity index (χ0v) is 56.7. The lowest BCUT2D eigenvalue weighted by molar-refractivity contribution is -0.182. The van der Waals surface area contributed by atoms with Crippen LogP contribution in [0.3, 0.4) is 0 Å². The smallest absolute Gasteiger partial charge is 0.351 e. The van der Waals surface area contributed by atoms with Gasteiger partial charge in [0, 0.05) is 66.2 Å². The first-order chi connectivity index (χ1) is 42.8. The summed E-state index contributed by atoms with van der Waals surface area (Å²) in [6, 6.07) is -9.62. The van der Waals surface area contributed by atoms with E-state index in [0.29, 0.717) is 32.1 Å². The highest BCUT2D eigenvalue weighted by Crippen LogP contribution is 2.44. The van der Waals surface area contributed by atoms with Gasteiger partial charge in [-0.3, -0.25) is 52.7 Å². The van der Waals surface area contributed by atoms with Gasteiger partial charge in [-0.05, 0) is 115 Å². The Kier molecular flexibility index (Phi) is 26.4. The Bertz CT molecular complexity index is 2620. The third-order valence-corrected chi connectivity index (χ3v) is 21.4. The van der Waals surface area contributed by atoms with Crippen LogP contribution in [0.1, 0.15) is 190 Å². The number of alkyl halides is 4. The maximum atomic E-state index is 15.1. The van der Waals surface area contributed by atoms with E-state index in [0.717, 1.165) is 32.1 Å². The average molecular weight is 1310 g/mol. The number of nitrogens with one attached hydrogen (secondary N) is 4. The van der Waals surface area contributed by atoms with Crippen LogP contribution in [0.4, 0.5) is 13.2 Å². The summed E-state index contributed by atoms with van der Waals surface area (Å²) >= 11 is 6.37. The summed E-state index contributed by atoms with van der Waals surface area (Å²) in [6.07, 6.45) is 3.75. The molecule has 26 heteroatoms. The van der Waals surface area contributed by atoms with E-state index < -0.39 is 161 Å². The van der Waals surface area contributed by atoms with Gasteiger partial charge in [0.2, 0.25) is 65.0 Å². The quantitative estimate of drug-likeness (QED) is 0.198. The number of carbonyl (C=O) groups excluding carboxylic acids is 11.